The second-order valence-electron chi connectivity index (χ2n) is 8.02. The van der Waals surface area contributed by atoms with Crippen LogP contribution in [0, 0.1) is 19.8 Å². The monoisotopic (exact) mass is 488 g/mol. The molecule has 0 aliphatic rings. The van der Waals surface area contributed by atoms with Crippen LogP contribution in [-0.2, 0) is 21.4 Å². The second kappa shape index (κ2) is 10.3. The minimum atomic E-state index is -3.84. The molecule has 2 heterocycles. The lowest BCUT2D eigenvalue weighted by molar-refractivity contribution is -0.115. The number of thioether (sulfide) groups is 1. The van der Waals surface area contributed by atoms with Crippen LogP contribution in [0.2, 0.25) is 0 Å². The molecule has 0 spiro atoms. The van der Waals surface area contributed by atoms with E-state index in [9.17, 15) is 13.2 Å². The minimum absolute atomic E-state index is 0.0120. The number of hydrogen-bond acceptors (Lipinski definition) is 7. The minimum Gasteiger partial charge on any atom is -0.325 e. The van der Waals surface area contributed by atoms with E-state index in [1.54, 1.807) is 18.2 Å². The zero-order chi connectivity index (χ0) is 24.2. The molecule has 0 fully saturated rings. The van der Waals surface area contributed by atoms with E-state index in [-0.39, 0.29) is 16.8 Å². The zero-order valence-electron chi connectivity index (χ0n) is 19.2. The first-order chi connectivity index (χ1) is 15.6. The normalized spacial score (nSPS) is 12.5. The Morgan fingerprint density at radius 2 is 1.73 bits per heavy atom. The molecule has 1 unspecified atom stereocenters. The maximum atomic E-state index is 12.7. The number of nitrogens with zero attached hydrogens (tertiary/aromatic N) is 4. The summed E-state index contributed by atoms with van der Waals surface area (Å²) in [7, 11) is -3.84. The Bertz CT molecular complexity index is 1210. The van der Waals surface area contributed by atoms with Gasteiger partial charge in [0, 0.05) is 30.3 Å². The van der Waals surface area contributed by atoms with Crippen LogP contribution in [0.4, 0.5) is 11.6 Å². The molecule has 1 aromatic carbocycles. The first-order valence-corrected chi connectivity index (χ1v) is 12.8. The smallest absolute Gasteiger partial charge is 0.264 e. The van der Waals surface area contributed by atoms with Gasteiger partial charge in [-0.25, -0.2) is 28.1 Å². The van der Waals surface area contributed by atoms with Gasteiger partial charge in [-0.1, -0.05) is 25.6 Å². The standard InChI is InChI=1S/C22H28N6O3S2/c1-14(2)13-28-16(4)15(3)25-22(28)32-17(5)20(29)26-18-7-9-19(10-8-18)33(30,31)27-21-23-11-6-12-24-21/h6-12,14,17H,13H2,1-5H3,(H,26,29)(H,23,24,27). The van der Waals surface area contributed by atoms with Crippen LogP contribution in [0.15, 0.2) is 52.8 Å². The number of sulfonamides is 1. The third-order valence-corrected chi connectivity index (χ3v) is 7.28. The molecule has 33 heavy (non-hydrogen) atoms. The Kier molecular flexibility index (Phi) is 7.75. The highest BCUT2D eigenvalue weighted by molar-refractivity contribution is 8.00. The summed E-state index contributed by atoms with van der Waals surface area (Å²) in [5.74, 6) is 0.251. The molecule has 1 atom stereocenters. The fourth-order valence-electron chi connectivity index (χ4n) is 3.00. The van der Waals surface area contributed by atoms with Crippen molar-refractivity contribution in [3.63, 3.8) is 0 Å². The van der Waals surface area contributed by atoms with Gasteiger partial charge in [0.05, 0.1) is 15.8 Å². The van der Waals surface area contributed by atoms with Crippen molar-refractivity contribution in [3.05, 3.63) is 54.1 Å². The number of aryl methyl sites for hydroxylation is 1. The fourth-order valence-corrected chi connectivity index (χ4v) is 4.97. The van der Waals surface area contributed by atoms with E-state index in [1.165, 1.54) is 36.3 Å². The van der Waals surface area contributed by atoms with Crippen molar-refractivity contribution in [2.24, 2.45) is 5.92 Å². The molecule has 2 aromatic heterocycles. The molecule has 3 rings (SSSR count). The Morgan fingerprint density at radius 3 is 2.33 bits per heavy atom. The van der Waals surface area contributed by atoms with Gasteiger partial charge in [0.25, 0.3) is 10.0 Å². The molecular formula is C22H28N6O3S2. The predicted molar refractivity (Wildman–Crippen MR) is 130 cm³/mol. The number of rotatable bonds is 9. The van der Waals surface area contributed by atoms with Gasteiger partial charge in [-0.3, -0.25) is 4.79 Å². The lowest BCUT2D eigenvalue weighted by Crippen LogP contribution is -2.23. The topological polar surface area (TPSA) is 119 Å². The molecule has 0 aliphatic carbocycles. The second-order valence-corrected chi connectivity index (χ2v) is 11.0. The van der Waals surface area contributed by atoms with Gasteiger partial charge in [-0.15, -0.1) is 0 Å². The lowest BCUT2D eigenvalue weighted by atomic mass is 10.2. The number of hydrogen-bond donors (Lipinski definition) is 2. The van der Waals surface area contributed by atoms with E-state index >= 15 is 0 Å². The maximum absolute atomic E-state index is 12.7. The van der Waals surface area contributed by atoms with Gasteiger partial charge in [0.1, 0.15) is 0 Å². The van der Waals surface area contributed by atoms with E-state index in [0.29, 0.717) is 11.6 Å². The average Bonchev–Trinajstić information content (AvgIpc) is 3.01. The van der Waals surface area contributed by atoms with Crippen LogP contribution < -0.4 is 10.0 Å². The van der Waals surface area contributed by atoms with Crippen LogP contribution >= 0.6 is 11.8 Å². The van der Waals surface area contributed by atoms with E-state index in [1.807, 2.05) is 20.8 Å². The molecule has 3 aromatic rings. The summed E-state index contributed by atoms with van der Waals surface area (Å²) in [6.07, 6.45) is 2.89. The quantitative estimate of drug-likeness (QED) is 0.439. The molecule has 2 N–H and O–H groups in total. The van der Waals surface area contributed by atoms with E-state index in [2.05, 4.69) is 43.4 Å². The third kappa shape index (κ3) is 6.32. The van der Waals surface area contributed by atoms with Crippen LogP contribution in [0.3, 0.4) is 0 Å². The van der Waals surface area contributed by atoms with Crippen LogP contribution in [0.25, 0.3) is 0 Å². The molecule has 0 bridgehead atoms. The van der Waals surface area contributed by atoms with Gasteiger partial charge in [-0.05, 0) is 57.0 Å². The summed E-state index contributed by atoms with van der Waals surface area (Å²) in [4.78, 5) is 25.1. The molecule has 1 amide bonds. The first kappa shape index (κ1) is 24.7. The number of imidazole rings is 1. The lowest BCUT2D eigenvalue weighted by Gasteiger charge is -2.15. The van der Waals surface area contributed by atoms with E-state index in [0.717, 1.165) is 23.1 Å². The SMILES string of the molecule is Cc1nc(SC(C)C(=O)Nc2ccc(S(=O)(=O)Nc3ncccn3)cc2)n(CC(C)C)c1C. The zero-order valence-corrected chi connectivity index (χ0v) is 20.9. The van der Waals surface area contributed by atoms with Crippen molar-refractivity contribution >= 4 is 39.3 Å². The Hall–Kier alpha value is -2.92. The number of carbonyl (C=O) groups is 1. The number of anilines is 2. The van der Waals surface area contributed by atoms with E-state index < -0.39 is 15.3 Å². The summed E-state index contributed by atoms with van der Waals surface area (Å²) >= 11 is 1.40. The van der Waals surface area contributed by atoms with Gasteiger partial charge in [0.2, 0.25) is 11.9 Å². The number of carbonyl (C=O) groups excluding carboxylic acids is 1. The van der Waals surface area contributed by atoms with Crippen molar-refractivity contribution in [1.29, 1.82) is 0 Å². The van der Waals surface area contributed by atoms with Crippen molar-refractivity contribution in [1.82, 2.24) is 19.5 Å². The third-order valence-electron chi connectivity index (χ3n) is 4.85. The van der Waals surface area contributed by atoms with Gasteiger partial charge < -0.3 is 9.88 Å². The van der Waals surface area contributed by atoms with E-state index in [4.69, 9.17) is 0 Å². The number of nitrogens with one attached hydrogen (secondary N) is 2. The predicted octanol–water partition coefficient (Wildman–Crippen LogP) is 3.87. The molecule has 176 valence electrons. The molecule has 11 heteroatoms. The van der Waals surface area contributed by atoms with Gasteiger partial charge in [0.15, 0.2) is 5.16 Å². The number of aromatic nitrogens is 4. The summed E-state index contributed by atoms with van der Waals surface area (Å²) in [6.45, 7) is 10.9. The highest BCUT2D eigenvalue weighted by atomic mass is 32.2. The number of benzene rings is 1. The van der Waals surface area contributed by atoms with Gasteiger partial charge in [-0.2, -0.15) is 0 Å². The van der Waals surface area contributed by atoms with Crippen molar-refractivity contribution < 1.29 is 13.2 Å². The molecule has 0 aliphatic heterocycles. The summed E-state index contributed by atoms with van der Waals surface area (Å²) in [6, 6.07) is 7.52. The maximum Gasteiger partial charge on any atom is 0.264 e. The molecular weight excluding hydrogens is 460 g/mol. The fraction of sp³-hybridized carbons (Fsp3) is 0.364. The molecule has 9 nitrogen and oxygen atoms in total. The highest BCUT2D eigenvalue weighted by Gasteiger charge is 2.21. The van der Waals surface area contributed by atoms with Crippen molar-refractivity contribution in [2.75, 3.05) is 10.0 Å². The van der Waals surface area contributed by atoms with Crippen LogP contribution in [0.1, 0.15) is 32.2 Å². The van der Waals surface area contributed by atoms with Crippen molar-refractivity contribution in [3.8, 4) is 0 Å². The molecule has 0 saturated carbocycles. The average molecular weight is 489 g/mol. The summed E-state index contributed by atoms with van der Waals surface area (Å²) in [5, 5.41) is 3.26. The van der Waals surface area contributed by atoms with Crippen LogP contribution in [0.5, 0.6) is 0 Å². The first-order valence-electron chi connectivity index (χ1n) is 10.5. The molecule has 0 saturated heterocycles. The number of amides is 1. The molecule has 0 radical (unpaired) electrons. The van der Waals surface area contributed by atoms with Crippen LogP contribution in [-0.4, -0.2) is 39.1 Å². The summed E-state index contributed by atoms with van der Waals surface area (Å²) in [5.41, 5.74) is 2.56. The Morgan fingerprint density at radius 1 is 1.09 bits per heavy atom. The highest BCUT2D eigenvalue weighted by Crippen LogP contribution is 2.27. The Labute approximate surface area is 198 Å². The summed E-state index contributed by atoms with van der Waals surface area (Å²) < 4.78 is 29.5. The van der Waals surface area contributed by atoms with Crippen molar-refractivity contribution in [2.45, 2.75) is 56.5 Å². The largest absolute Gasteiger partial charge is 0.325 e. The Balaban J connectivity index is 1.65. The van der Waals surface area contributed by atoms with Gasteiger partial charge >= 0.3 is 0 Å².